The van der Waals surface area contributed by atoms with E-state index in [-0.39, 0.29) is 11.3 Å². The van der Waals surface area contributed by atoms with Crippen molar-refractivity contribution in [3.8, 4) is 11.5 Å². The highest BCUT2D eigenvalue weighted by Crippen LogP contribution is 2.27. The molecule has 2 N–H and O–H groups in total. The van der Waals surface area contributed by atoms with Crippen LogP contribution < -0.4 is 10.1 Å². The summed E-state index contributed by atoms with van der Waals surface area (Å²) in [5.74, 6) is 0.190. The number of hydrogen-bond acceptors (Lipinski definition) is 4. The highest BCUT2D eigenvalue weighted by atomic mass is 16.5. The number of carbonyl (C=O) groups is 1. The lowest BCUT2D eigenvalue weighted by atomic mass is 10.1. The van der Waals surface area contributed by atoms with Gasteiger partial charge in [-0.25, -0.2) is 0 Å². The topological polar surface area (TPSA) is 71.5 Å². The number of nitrogens with zero attached hydrogens (tertiary/aromatic N) is 1. The summed E-state index contributed by atoms with van der Waals surface area (Å²) in [7, 11) is 1.58. The minimum atomic E-state index is -0.393. The van der Waals surface area contributed by atoms with Gasteiger partial charge in [0.2, 0.25) is 0 Å². The average molecular weight is 294 g/mol. The molecule has 0 aliphatic heterocycles. The van der Waals surface area contributed by atoms with Crippen molar-refractivity contribution in [3.05, 3.63) is 60.3 Å². The molecule has 1 amide bonds. The Morgan fingerprint density at radius 1 is 1.14 bits per heavy atom. The fraction of sp³-hybridized carbons (Fsp3) is 0.0588. The Balaban J connectivity index is 1.89. The van der Waals surface area contributed by atoms with E-state index in [4.69, 9.17) is 4.74 Å². The maximum atomic E-state index is 12.3. The molecule has 3 rings (SSSR count). The summed E-state index contributed by atoms with van der Waals surface area (Å²) < 4.78 is 5.07. The van der Waals surface area contributed by atoms with Gasteiger partial charge in [0.25, 0.3) is 5.91 Å². The van der Waals surface area contributed by atoms with Crippen LogP contribution in [0.2, 0.25) is 0 Å². The van der Waals surface area contributed by atoms with Gasteiger partial charge < -0.3 is 15.2 Å². The molecule has 2 aromatic carbocycles. The number of phenols is 1. The first-order valence-electron chi connectivity index (χ1n) is 6.71. The largest absolute Gasteiger partial charge is 0.505 e. The fourth-order valence-electron chi connectivity index (χ4n) is 2.19. The van der Waals surface area contributed by atoms with Crippen molar-refractivity contribution in [1.82, 2.24) is 4.98 Å². The molecule has 5 heteroatoms. The number of pyridine rings is 1. The van der Waals surface area contributed by atoms with Crippen molar-refractivity contribution in [2.24, 2.45) is 0 Å². The number of carbonyl (C=O) groups excluding carboxylic acids is 1. The van der Waals surface area contributed by atoms with Crippen molar-refractivity contribution in [2.75, 3.05) is 12.4 Å². The van der Waals surface area contributed by atoms with Crippen LogP contribution in [0.4, 0.5) is 5.69 Å². The van der Waals surface area contributed by atoms with Gasteiger partial charge in [-0.1, -0.05) is 12.1 Å². The Hall–Kier alpha value is -3.08. The van der Waals surface area contributed by atoms with Gasteiger partial charge in [0.05, 0.1) is 12.7 Å². The first-order valence-corrected chi connectivity index (χ1v) is 6.71. The number of hydrogen-bond donors (Lipinski definition) is 2. The minimum Gasteiger partial charge on any atom is -0.505 e. The highest BCUT2D eigenvalue weighted by molar-refractivity contribution is 6.09. The van der Waals surface area contributed by atoms with E-state index < -0.39 is 5.91 Å². The lowest BCUT2D eigenvalue weighted by Gasteiger charge is -2.09. The van der Waals surface area contributed by atoms with Crippen molar-refractivity contribution in [2.45, 2.75) is 0 Å². The predicted octanol–water partition coefficient (Wildman–Crippen LogP) is 3.20. The van der Waals surface area contributed by atoms with Crippen molar-refractivity contribution < 1.29 is 14.6 Å². The minimum absolute atomic E-state index is 0.121. The molecule has 1 heterocycles. The maximum Gasteiger partial charge on any atom is 0.259 e. The van der Waals surface area contributed by atoms with E-state index in [1.54, 1.807) is 55.8 Å². The molecule has 1 aromatic heterocycles. The van der Waals surface area contributed by atoms with Crippen LogP contribution in [0.1, 0.15) is 10.4 Å². The summed E-state index contributed by atoms with van der Waals surface area (Å²) in [6.45, 7) is 0. The van der Waals surface area contributed by atoms with Crippen LogP contribution in [0.15, 0.2) is 54.7 Å². The first kappa shape index (κ1) is 13.9. The maximum absolute atomic E-state index is 12.3. The lowest BCUT2D eigenvalue weighted by molar-refractivity contribution is 0.102. The zero-order valence-corrected chi connectivity index (χ0v) is 11.9. The van der Waals surface area contributed by atoms with Crippen molar-refractivity contribution in [3.63, 3.8) is 0 Å². The number of rotatable bonds is 3. The number of fused-ring (bicyclic) bond motifs is 1. The van der Waals surface area contributed by atoms with Gasteiger partial charge >= 0.3 is 0 Å². The number of phenolic OH excluding ortho intramolecular Hbond substituents is 1. The molecule has 0 radical (unpaired) electrons. The number of amides is 1. The molecule has 5 nitrogen and oxygen atoms in total. The van der Waals surface area contributed by atoms with Gasteiger partial charge in [0.15, 0.2) is 5.75 Å². The molecule has 3 aromatic rings. The predicted molar refractivity (Wildman–Crippen MR) is 84.4 cm³/mol. The lowest BCUT2D eigenvalue weighted by Crippen LogP contribution is -2.12. The third-order valence-electron chi connectivity index (χ3n) is 3.34. The van der Waals surface area contributed by atoms with E-state index in [9.17, 15) is 9.90 Å². The Morgan fingerprint density at radius 2 is 1.91 bits per heavy atom. The Bertz CT molecular complexity index is 829. The number of nitrogens with one attached hydrogen (secondary N) is 1. The van der Waals surface area contributed by atoms with Gasteiger partial charge in [-0.15, -0.1) is 0 Å². The second-order valence-electron chi connectivity index (χ2n) is 4.72. The molecule has 0 saturated heterocycles. The molecular weight excluding hydrogens is 280 g/mol. The molecule has 0 bridgehead atoms. The van der Waals surface area contributed by atoms with Gasteiger partial charge in [-0.05, 0) is 36.4 Å². The third-order valence-corrected chi connectivity index (χ3v) is 3.34. The SMILES string of the molecule is COc1ccc(NC(=O)c2ccc3cccnc3c2O)cc1. The van der Waals surface area contributed by atoms with Crippen molar-refractivity contribution >= 4 is 22.5 Å². The fourth-order valence-corrected chi connectivity index (χ4v) is 2.19. The number of anilines is 1. The molecule has 0 aliphatic carbocycles. The molecular formula is C17H14N2O3. The Labute approximate surface area is 127 Å². The number of aromatic hydroxyl groups is 1. The smallest absolute Gasteiger partial charge is 0.259 e. The summed E-state index contributed by atoms with van der Waals surface area (Å²) in [6, 6.07) is 13.9. The van der Waals surface area contributed by atoms with Crippen LogP contribution in [-0.4, -0.2) is 23.1 Å². The number of benzene rings is 2. The zero-order chi connectivity index (χ0) is 15.5. The van der Waals surface area contributed by atoms with E-state index in [1.807, 2.05) is 6.07 Å². The zero-order valence-electron chi connectivity index (χ0n) is 11.9. The van der Waals surface area contributed by atoms with E-state index in [1.165, 1.54) is 0 Å². The molecule has 0 atom stereocenters. The quantitative estimate of drug-likeness (QED) is 0.778. The van der Waals surface area contributed by atoms with E-state index in [0.717, 1.165) is 5.39 Å². The summed E-state index contributed by atoms with van der Waals surface area (Å²) in [4.78, 5) is 16.4. The van der Waals surface area contributed by atoms with Crippen LogP contribution >= 0.6 is 0 Å². The molecule has 0 aliphatic rings. The Kier molecular flexibility index (Phi) is 3.62. The van der Waals surface area contributed by atoms with Gasteiger partial charge in [0.1, 0.15) is 11.3 Å². The second kappa shape index (κ2) is 5.73. The Morgan fingerprint density at radius 3 is 2.64 bits per heavy atom. The van der Waals surface area contributed by atoms with Gasteiger partial charge in [-0.2, -0.15) is 0 Å². The van der Waals surface area contributed by atoms with E-state index in [2.05, 4.69) is 10.3 Å². The number of ether oxygens (including phenoxy) is 1. The van der Waals surface area contributed by atoms with Crippen LogP contribution in [0.25, 0.3) is 10.9 Å². The van der Waals surface area contributed by atoms with E-state index >= 15 is 0 Å². The third kappa shape index (κ3) is 2.56. The molecule has 0 spiro atoms. The van der Waals surface area contributed by atoms with Crippen LogP contribution in [0.3, 0.4) is 0 Å². The summed E-state index contributed by atoms with van der Waals surface area (Å²) in [6.07, 6.45) is 1.58. The van der Waals surface area contributed by atoms with Gasteiger partial charge in [-0.3, -0.25) is 9.78 Å². The van der Waals surface area contributed by atoms with Crippen LogP contribution in [0, 0.1) is 0 Å². The van der Waals surface area contributed by atoms with E-state index in [0.29, 0.717) is 17.0 Å². The molecule has 110 valence electrons. The molecule has 22 heavy (non-hydrogen) atoms. The van der Waals surface area contributed by atoms with Crippen molar-refractivity contribution in [1.29, 1.82) is 0 Å². The monoisotopic (exact) mass is 294 g/mol. The molecule has 0 fully saturated rings. The highest BCUT2D eigenvalue weighted by Gasteiger charge is 2.14. The number of aromatic nitrogens is 1. The molecule has 0 unspecified atom stereocenters. The summed E-state index contributed by atoms with van der Waals surface area (Å²) in [5, 5.41) is 13.7. The van der Waals surface area contributed by atoms with Crippen LogP contribution in [0.5, 0.6) is 11.5 Å². The normalized spacial score (nSPS) is 10.4. The van der Waals surface area contributed by atoms with Crippen LogP contribution in [-0.2, 0) is 0 Å². The average Bonchev–Trinajstić information content (AvgIpc) is 2.56. The standard InChI is InChI=1S/C17H14N2O3/c1-22-13-7-5-12(6-8-13)19-17(21)14-9-4-11-3-2-10-18-15(11)16(14)20/h2-10,20H,1H3,(H,19,21). The second-order valence-corrected chi connectivity index (χ2v) is 4.72. The summed E-state index contributed by atoms with van der Waals surface area (Å²) >= 11 is 0. The van der Waals surface area contributed by atoms with Gasteiger partial charge in [0, 0.05) is 17.3 Å². The summed E-state index contributed by atoms with van der Waals surface area (Å²) in [5.41, 5.74) is 1.21. The first-order chi connectivity index (χ1) is 10.7. The number of methoxy groups -OCH3 is 1. The molecule has 0 saturated carbocycles.